The number of ether oxygens (including phenoxy) is 3. The number of nitrogens with zero attached hydrogens (tertiary/aromatic N) is 1. The smallest absolute Gasteiger partial charge is 0.329 e. The van der Waals surface area contributed by atoms with Gasteiger partial charge in [-0.1, -0.05) is 71.1 Å². The van der Waals surface area contributed by atoms with Crippen molar-refractivity contribution in [3.05, 3.63) is 47.6 Å². The van der Waals surface area contributed by atoms with E-state index in [0.717, 1.165) is 5.57 Å². The van der Waals surface area contributed by atoms with E-state index in [4.69, 9.17) is 14.2 Å². The monoisotopic (exact) mass is 914 g/mol. The highest BCUT2D eigenvalue weighted by Gasteiger charge is 2.53. The van der Waals surface area contributed by atoms with Gasteiger partial charge in [0.25, 0.3) is 11.7 Å². The van der Waals surface area contributed by atoms with Crippen LogP contribution >= 0.6 is 0 Å². The van der Waals surface area contributed by atoms with Crippen molar-refractivity contribution in [2.75, 3.05) is 26.9 Å². The van der Waals surface area contributed by atoms with Crippen molar-refractivity contribution in [3.8, 4) is 0 Å². The Labute approximate surface area is 386 Å². The molecular weight excluding hydrogens is 835 g/mol. The Hall–Kier alpha value is -3.37. The Morgan fingerprint density at radius 1 is 0.877 bits per heavy atom. The number of esters is 1. The van der Waals surface area contributed by atoms with E-state index >= 15 is 0 Å². The lowest BCUT2D eigenvalue weighted by Crippen LogP contribution is -2.61. The van der Waals surface area contributed by atoms with E-state index in [-0.39, 0.29) is 61.2 Å². The molecule has 15 atom stereocenters. The SMILES string of the molecule is CO[C@H]1CC2CC[C@@H](C)[C@@](O)(O2)C(=O)C(=O)N2CCCC[C@H]2C(=O)O[C@H](C(C)CC2CC[C@@H](O)[C@H](CO)C2)CC(=O)[C@H](C)/C=C(\C)[C@@H](O)[C@@H](CO)C(=O)[C@H](C)C[C@H](C)/C=C/C=C/C=C/1C. The van der Waals surface area contributed by atoms with Crippen LogP contribution in [0.1, 0.15) is 126 Å². The van der Waals surface area contributed by atoms with Gasteiger partial charge in [0.2, 0.25) is 5.79 Å². The maximum atomic E-state index is 14.3. The molecule has 3 heterocycles. The molecule has 3 aliphatic heterocycles. The Kier molecular flexibility index (Phi) is 21.0. The molecule has 366 valence electrons. The number of cyclic esters (lactones) is 1. The summed E-state index contributed by atoms with van der Waals surface area (Å²) in [5.74, 6) is -9.71. The minimum Gasteiger partial charge on any atom is -0.460 e. The molecule has 2 saturated heterocycles. The topological polar surface area (TPSA) is 217 Å². The lowest BCUT2D eigenvalue weighted by molar-refractivity contribution is -0.265. The maximum absolute atomic E-state index is 14.3. The highest BCUT2D eigenvalue weighted by atomic mass is 16.6. The van der Waals surface area contributed by atoms with Gasteiger partial charge in [0.15, 0.2) is 0 Å². The van der Waals surface area contributed by atoms with E-state index in [9.17, 15) is 49.5 Å². The second-order valence-corrected chi connectivity index (χ2v) is 19.9. The van der Waals surface area contributed by atoms with Gasteiger partial charge in [-0.3, -0.25) is 19.2 Å². The van der Waals surface area contributed by atoms with Gasteiger partial charge in [-0.25, -0.2) is 4.79 Å². The molecule has 1 amide bonds. The van der Waals surface area contributed by atoms with Crippen LogP contribution in [-0.2, 0) is 38.2 Å². The molecule has 0 aromatic heterocycles. The molecule has 1 aliphatic carbocycles. The number of aliphatic hydroxyl groups excluding tert-OH is 4. The second kappa shape index (κ2) is 25.1. The molecule has 3 unspecified atom stereocenters. The number of piperidine rings is 1. The third kappa shape index (κ3) is 14.3. The van der Waals surface area contributed by atoms with Crippen LogP contribution in [0.25, 0.3) is 0 Å². The maximum Gasteiger partial charge on any atom is 0.329 e. The van der Waals surface area contributed by atoms with Crippen LogP contribution in [0.2, 0.25) is 0 Å². The van der Waals surface area contributed by atoms with Gasteiger partial charge in [0.1, 0.15) is 23.7 Å². The number of hydrogen-bond acceptors (Lipinski definition) is 13. The standard InChI is InChI=1S/C51H79NO13/c1-30-14-10-9-11-15-31(2)44(63-8)26-39-19-17-36(7)51(62,65-39)48(59)49(60)52-21-13-12-16-41(52)50(61)64-45(33(4)24-37-18-20-42(55)38(25-37)28-53)27-43(56)32(3)23-35(6)47(58)40(29-54)46(57)34(5)22-30/h9-11,14-15,23,30,32-34,36-42,44-45,47,53-55,58,62H,12-13,16-22,24-29H2,1-8H3/b11-9+,14-10+,31-15+,35-23+/t30-,32-,33?,34-,36-,37?,38+,39?,40+,41+,42-,44+,45+,47-,51-/m1/s1. The summed E-state index contributed by atoms with van der Waals surface area (Å²) in [6.45, 7) is 11.8. The molecule has 0 spiro atoms. The molecule has 4 rings (SSSR count). The van der Waals surface area contributed by atoms with Crippen LogP contribution in [-0.4, -0.2) is 129 Å². The van der Waals surface area contributed by atoms with E-state index in [2.05, 4.69) is 0 Å². The first-order valence-corrected chi connectivity index (χ1v) is 24.1. The number of Topliss-reactive ketones (excluding diaryl/α,β-unsaturated/α-hetero) is 3. The number of hydrogen-bond donors (Lipinski definition) is 5. The number of allylic oxidation sites excluding steroid dienone is 6. The highest BCUT2D eigenvalue weighted by molar-refractivity contribution is 6.39. The zero-order chi connectivity index (χ0) is 48.2. The Bertz CT molecular complexity index is 1760. The van der Waals surface area contributed by atoms with Crippen LogP contribution < -0.4 is 0 Å². The van der Waals surface area contributed by atoms with Crippen LogP contribution in [0.3, 0.4) is 0 Å². The van der Waals surface area contributed by atoms with Crippen LogP contribution in [0.5, 0.6) is 0 Å². The van der Waals surface area contributed by atoms with Gasteiger partial charge in [-0.2, -0.15) is 0 Å². The zero-order valence-electron chi connectivity index (χ0n) is 40.1. The molecule has 2 bridgehead atoms. The fourth-order valence-electron chi connectivity index (χ4n) is 10.3. The van der Waals surface area contributed by atoms with Crippen LogP contribution in [0.15, 0.2) is 47.6 Å². The summed E-state index contributed by atoms with van der Waals surface area (Å²) in [4.78, 5) is 71.6. The summed E-state index contributed by atoms with van der Waals surface area (Å²) in [7, 11) is 1.57. The molecule has 0 aromatic carbocycles. The average Bonchev–Trinajstić information content (AvgIpc) is 3.28. The van der Waals surface area contributed by atoms with Gasteiger partial charge in [0.05, 0.1) is 36.9 Å². The van der Waals surface area contributed by atoms with Crippen molar-refractivity contribution in [1.29, 1.82) is 0 Å². The summed E-state index contributed by atoms with van der Waals surface area (Å²) in [6.07, 6.45) is 12.1. The van der Waals surface area contributed by atoms with Crippen molar-refractivity contribution in [3.63, 3.8) is 0 Å². The molecular formula is C51H79NO13. The summed E-state index contributed by atoms with van der Waals surface area (Å²) in [5, 5.41) is 54.0. The fourth-order valence-corrected chi connectivity index (χ4v) is 10.3. The van der Waals surface area contributed by atoms with Crippen molar-refractivity contribution < 1.29 is 63.7 Å². The molecule has 3 fully saturated rings. The molecule has 14 heteroatoms. The van der Waals surface area contributed by atoms with Crippen molar-refractivity contribution >= 4 is 29.2 Å². The lowest BCUT2D eigenvalue weighted by atomic mass is 9.75. The third-order valence-electron chi connectivity index (χ3n) is 14.7. The van der Waals surface area contributed by atoms with E-state index in [1.807, 2.05) is 51.2 Å². The van der Waals surface area contributed by atoms with Crippen molar-refractivity contribution in [2.24, 2.45) is 47.3 Å². The number of carbonyl (C=O) groups is 5. The summed E-state index contributed by atoms with van der Waals surface area (Å²) >= 11 is 0. The summed E-state index contributed by atoms with van der Waals surface area (Å²) in [5.41, 5.74) is 1.21. The Balaban J connectivity index is 1.70. The third-order valence-corrected chi connectivity index (χ3v) is 14.7. The first-order chi connectivity index (χ1) is 30.7. The first kappa shape index (κ1) is 54.2. The minimum absolute atomic E-state index is 0.0117. The molecule has 0 radical (unpaired) electrons. The number of aliphatic hydroxyl groups is 5. The fraction of sp³-hybridized carbons (Fsp3) is 0.745. The number of methoxy groups -OCH3 is 1. The average molecular weight is 914 g/mol. The van der Waals surface area contributed by atoms with E-state index in [1.54, 1.807) is 40.9 Å². The number of ketones is 3. The number of fused-ring (bicyclic) bond motifs is 3. The van der Waals surface area contributed by atoms with Gasteiger partial charge in [-0.15, -0.1) is 0 Å². The second-order valence-electron chi connectivity index (χ2n) is 19.9. The summed E-state index contributed by atoms with van der Waals surface area (Å²) in [6, 6.07) is -1.16. The van der Waals surface area contributed by atoms with Crippen LogP contribution in [0, 0.1) is 47.3 Å². The van der Waals surface area contributed by atoms with Gasteiger partial charge < -0.3 is 44.6 Å². The molecule has 0 aromatic rings. The number of carbonyl (C=O) groups excluding carboxylic acids is 5. The molecule has 1 saturated carbocycles. The largest absolute Gasteiger partial charge is 0.460 e. The van der Waals surface area contributed by atoms with Crippen LogP contribution in [0.4, 0.5) is 0 Å². The minimum atomic E-state index is -2.44. The van der Waals surface area contributed by atoms with Gasteiger partial charge in [-0.05, 0) is 107 Å². The highest BCUT2D eigenvalue weighted by Crippen LogP contribution is 2.38. The Morgan fingerprint density at radius 3 is 2.28 bits per heavy atom. The van der Waals surface area contributed by atoms with Gasteiger partial charge >= 0.3 is 5.97 Å². The predicted molar refractivity (Wildman–Crippen MR) is 245 cm³/mol. The number of amides is 1. The van der Waals surface area contributed by atoms with E-state index in [0.29, 0.717) is 69.8 Å². The molecule has 5 N–H and O–H groups in total. The lowest BCUT2D eigenvalue weighted by Gasteiger charge is -2.42. The van der Waals surface area contributed by atoms with Crippen molar-refractivity contribution in [2.45, 2.75) is 168 Å². The van der Waals surface area contributed by atoms with E-state index in [1.165, 1.54) is 4.90 Å². The van der Waals surface area contributed by atoms with E-state index < -0.39 is 90.3 Å². The predicted octanol–water partition coefficient (Wildman–Crippen LogP) is 5.37. The Morgan fingerprint density at radius 2 is 1.60 bits per heavy atom. The first-order valence-electron chi connectivity index (χ1n) is 24.1. The van der Waals surface area contributed by atoms with Crippen molar-refractivity contribution in [1.82, 2.24) is 4.90 Å². The van der Waals surface area contributed by atoms with Gasteiger partial charge in [0, 0.05) is 56.8 Å². The molecule has 4 aliphatic rings. The molecule has 14 nitrogen and oxygen atoms in total. The molecule has 65 heavy (non-hydrogen) atoms. The summed E-state index contributed by atoms with van der Waals surface area (Å²) < 4.78 is 18.2. The number of rotatable bonds is 6. The quantitative estimate of drug-likeness (QED) is 0.129. The normalized spacial score (nSPS) is 40.4. The zero-order valence-corrected chi connectivity index (χ0v) is 40.1.